The van der Waals surface area contributed by atoms with Crippen molar-refractivity contribution in [2.75, 3.05) is 26.3 Å². The van der Waals surface area contributed by atoms with Crippen LogP contribution in [0.3, 0.4) is 0 Å². The van der Waals surface area contributed by atoms with E-state index in [1.54, 1.807) is 0 Å². The molecule has 0 aromatic rings. The van der Waals surface area contributed by atoms with Gasteiger partial charge in [0.25, 0.3) is 0 Å². The SMILES string of the molecule is CCCCCNCC(C)OCCOC(C)(C)C. The van der Waals surface area contributed by atoms with Crippen molar-refractivity contribution >= 4 is 0 Å². The Labute approximate surface area is 107 Å². The normalized spacial score (nSPS) is 13.9. The van der Waals surface area contributed by atoms with Crippen LogP contribution in [0, 0.1) is 0 Å². The van der Waals surface area contributed by atoms with E-state index in [-0.39, 0.29) is 11.7 Å². The first-order chi connectivity index (χ1) is 7.95. The highest BCUT2D eigenvalue weighted by molar-refractivity contribution is 4.59. The van der Waals surface area contributed by atoms with Gasteiger partial charge in [-0.1, -0.05) is 19.8 Å². The molecule has 0 fully saturated rings. The van der Waals surface area contributed by atoms with Gasteiger partial charge in [0, 0.05) is 6.54 Å². The number of ether oxygens (including phenoxy) is 2. The van der Waals surface area contributed by atoms with Crippen LogP contribution in [-0.2, 0) is 9.47 Å². The highest BCUT2D eigenvalue weighted by Gasteiger charge is 2.09. The van der Waals surface area contributed by atoms with Crippen LogP contribution in [0.15, 0.2) is 0 Å². The fourth-order valence-electron chi connectivity index (χ4n) is 1.46. The molecule has 17 heavy (non-hydrogen) atoms. The first-order valence-electron chi connectivity index (χ1n) is 6.92. The van der Waals surface area contributed by atoms with Crippen molar-refractivity contribution in [2.45, 2.75) is 65.6 Å². The maximum atomic E-state index is 5.66. The van der Waals surface area contributed by atoms with Gasteiger partial charge in [-0.25, -0.2) is 0 Å². The molecule has 0 radical (unpaired) electrons. The fraction of sp³-hybridized carbons (Fsp3) is 1.00. The van der Waals surface area contributed by atoms with Gasteiger partial charge in [0.05, 0.1) is 24.9 Å². The predicted octanol–water partition coefficient (Wildman–Crippen LogP) is 2.99. The van der Waals surface area contributed by atoms with Gasteiger partial charge in [0.1, 0.15) is 0 Å². The number of hydrogen-bond donors (Lipinski definition) is 1. The zero-order chi connectivity index (χ0) is 13.1. The molecule has 0 aliphatic carbocycles. The first-order valence-corrected chi connectivity index (χ1v) is 6.92. The number of hydrogen-bond acceptors (Lipinski definition) is 3. The van der Waals surface area contributed by atoms with E-state index in [4.69, 9.17) is 9.47 Å². The minimum absolute atomic E-state index is 0.0645. The zero-order valence-corrected chi connectivity index (χ0v) is 12.3. The largest absolute Gasteiger partial charge is 0.375 e. The van der Waals surface area contributed by atoms with Crippen LogP contribution < -0.4 is 5.32 Å². The van der Waals surface area contributed by atoms with E-state index in [9.17, 15) is 0 Å². The van der Waals surface area contributed by atoms with Gasteiger partial charge in [-0.05, 0) is 40.7 Å². The Morgan fingerprint density at radius 1 is 1.12 bits per heavy atom. The molecule has 0 amide bonds. The van der Waals surface area contributed by atoms with Crippen molar-refractivity contribution < 1.29 is 9.47 Å². The molecule has 0 bridgehead atoms. The van der Waals surface area contributed by atoms with Gasteiger partial charge in [0.15, 0.2) is 0 Å². The third kappa shape index (κ3) is 13.8. The molecule has 0 heterocycles. The van der Waals surface area contributed by atoms with Crippen molar-refractivity contribution in [2.24, 2.45) is 0 Å². The third-order valence-electron chi connectivity index (χ3n) is 2.41. The Balaban J connectivity index is 3.26. The molecule has 0 aromatic carbocycles. The smallest absolute Gasteiger partial charge is 0.0707 e. The molecule has 0 saturated carbocycles. The van der Waals surface area contributed by atoms with E-state index in [1.165, 1.54) is 19.3 Å². The highest BCUT2D eigenvalue weighted by atomic mass is 16.5. The minimum atomic E-state index is -0.0645. The molecule has 0 saturated heterocycles. The predicted molar refractivity (Wildman–Crippen MR) is 73.5 cm³/mol. The summed E-state index contributed by atoms with van der Waals surface area (Å²) in [6.07, 6.45) is 4.11. The summed E-state index contributed by atoms with van der Waals surface area (Å²) in [6.45, 7) is 13.9. The molecule has 1 N–H and O–H groups in total. The molecule has 3 heteroatoms. The summed E-state index contributed by atoms with van der Waals surface area (Å²) in [5.74, 6) is 0. The summed E-state index contributed by atoms with van der Waals surface area (Å²) in [5.41, 5.74) is -0.0645. The molecule has 0 rings (SSSR count). The summed E-state index contributed by atoms with van der Waals surface area (Å²) < 4.78 is 11.2. The highest BCUT2D eigenvalue weighted by Crippen LogP contribution is 2.05. The standard InChI is InChI=1S/C14H31NO2/c1-6-7-8-9-15-12-13(2)16-10-11-17-14(3,4)5/h13,15H,6-12H2,1-5H3. The van der Waals surface area contributed by atoms with Gasteiger partial charge in [-0.3, -0.25) is 0 Å². The molecule has 1 unspecified atom stereocenters. The summed E-state index contributed by atoms with van der Waals surface area (Å²) in [6, 6.07) is 0. The van der Waals surface area contributed by atoms with Gasteiger partial charge in [-0.2, -0.15) is 0 Å². The van der Waals surface area contributed by atoms with Gasteiger partial charge in [-0.15, -0.1) is 0 Å². The number of rotatable bonds is 10. The molecule has 104 valence electrons. The average Bonchev–Trinajstić information content (AvgIpc) is 2.23. The average molecular weight is 245 g/mol. The number of unbranched alkanes of at least 4 members (excludes halogenated alkanes) is 2. The lowest BCUT2D eigenvalue weighted by atomic mass is 10.2. The Hall–Kier alpha value is -0.120. The van der Waals surface area contributed by atoms with Crippen LogP contribution in [0.5, 0.6) is 0 Å². The topological polar surface area (TPSA) is 30.5 Å². The molecule has 0 aliphatic heterocycles. The van der Waals surface area contributed by atoms with E-state index in [0.29, 0.717) is 13.2 Å². The van der Waals surface area contributed by atoms with Gasteiger partial charge < -0.3 is 14.8 Å². The Morgan fingerprint density at radius 3 is 2.41 bits per heavy atom. The minimum Gasteiger partial charge on any atom is -0.375 e. The van der Waals surface area contributed by atoms with Crippen molar-refractivity contribution in [3.63, 3.8) is 0 Å². The van der Waals surface area contributed by atoms with Crippen LogP contribution in [0.2, 0.25) is 0 Å². The maximum absolute atomic E-state index is 5.66. The third-order valence-corrected chi connectivity index (χ3v) is 2.41. The molecular formula is C14H31NO2. The Morgan fingerprint density at radius 2 is 1.82 bits per heavy atom. The summed E-state index contributed by atoms with van der Waals surface area (Å²) in [5, 5.41) is 3.41. The van der Waals surface area contributed by atoms with Crippen LogP contribution in [0.25, 0.3) is 0 Å². The maximum Gasteiger partial charge on any atom is 0.0707 e. The lowest BCUT2D eigenvalue weighted by Gasteiger charge is -2.20. The zero-order valence-electron chi connectivity index (χ0n) is 12.3. The van der Waals surface area contributed by atoms with E-state index in [1.807, 2.05) is 0 Å². The summed E-state index contributed by atoms with van der Waals surface area (Å²) >= 11 is 0. The van der Waals surface area contributed by atoms with Crippen molar-refractivity contribution in [1.82, 2.24) is 5.32 Å². The Kier molecular flexibility index (Phi) is 9.79. The molecule has 0 spiro atoms. The first kappa shape index (κ1) is 16.9. The second kappa shape index (κ2) is 9.86. The molecular weight excluding hydrogens is 214 g/mol. The molecule has 3 nitrogen and oxygen atoms in total. The van der Waals surface area contributed by atoms with Crippen LogP contribution in [0.1, 0.15) is 53.9 Å². The van der Waals surface area contributed by atoms with E-state index >= 15 is 0 Å². The fourth-order valence-corrected chi connectivity index (χ4v) is 1.46. The van der Waals surface area contributed by atoms with Crippen molar-refractivity contribution in [3.05, 3.63) is 0 Å². The van der Waals surface area contributed by atoms with Crippen molar-refractivity contribution in [1.29, 1.82) is 0 Å². The van der Waals surface area contributed by atoms with E-state index in [0.717, 1.165) is 13.1 Å². The lowest BCUT2D eigenvalue weighted by molar-refractivity contribution is -0.0479. The second-order valence-corrected chi connectivity index (χ2v) is 5.55. The van der Waals surface area contributed by atoms with Crippen LogP contribution in [0.4, 0.5) is 0 Å². The van der Waals surface area contributed by atoms with Crippen LogP contribution in [-0.4, -0.2) is 38.0 Å². The Bertz CT molecular complexity index is 166. The summed E-state index contributed by atoms with van der Waals surface area (Å²) in [4.78, 5) is 0. The summed E-state index contributed by atoms with van der Waals surface area (Å²) in [7, 11) is 0. The van der Waals surface area contributed by atoms with Crippen LogP contribution >= 0.6 is 0 Å². The molecule has 0 aliphatic rings. The van der Waals surface area contributed by atoms with Gasteiger partial charge >= 0.3 is 0 Å². The van der Waals surface area contributed by atoms with E-state index in [2.05, 4.69) is 39.9 Å². The molecule has 1 atom stereocenters. The number of nitrogens with one attached hydrogen (secondary N) is 1. The monoisotopic (exact) mass is 245 g/mol. The van der Waals surface area contributed by atoms with E-state index < -0.39 is 0 Å². The lowest BCUT2D eigenvalue weighted by Crippen LogP contribution is -2.29. The second-order valence-electron chi connectivity index (χ2n) is 5.55. The molecule has 0 aromatic heterocycles. The van der Waals surface area contributed by atoms with Crippen molar-refractivity contribution in [3.8, 4) is 0 Å². The quantitative estimate of drug-likeness (QED) is 0.600. The van der Waals surface area contributed by atoms with Gasteiger partial charge in [0.2, 0.25) is 0 Å².